The third-order valence-electron chi connectivity index (χ3n) is 2.07. The van der Waals surface area contributed by atoms with Crippen LogP contribution in [0.5, 0.6) is 5.75 Å². The predicted octanol–water partition coefficient (Wildman–Crippen LogP) is 3.55. The highest BCUT2D eigenvalue weighted by molar-refractivity contribution is 7.60. The smallest absolute Gasteiger partial charge is 0.119 e. The Hall–Kier alpha value is -0.590. The van der Waals surface area contributed by atoms with E-state index in [1.807, 2.05) is 32.9 Å². The van der Waals surface area contributed by atoms with Crippen molar-refractivity contribution in [3.05, 3.63) is 24.3 Å². The van der Waals surface area contributed by atoms with Crippen LogP contribution in [-0.4, -0.2) is 18.9 Å². The molecule has 0 spiro atoms. The van der Waals surface area contributed by atoms with Crippen molar-refractivity contribution in [3.63, 3.8) is 0 Å². The molecule has 16 heavy (non-hydrogen) atoms. The Labute approximate surface area is 99.8 Å². The highest BCUT2D eigenvalue weighted by Gasteiger charge is 2.09. The second kappa shape index (κ2) is 6.88. The summed E-state index contributed by atoms with van der Waals surface area (Å²) < 4.78 is 11.3. The molecule has 0 saturated carbocycles. The van der Waals surface area contributed by atoms with E-state index in [0.717, 1.165) is 18.5 Å². The van der Waals surface area contributed by atoms with Crippen LogP contribution in [0.15, 0.2) is 24.3 Å². The molecule has 1 aromatic carbocycles. The molecule has 0 amide bonds. The van der Waals surface area contributed by atoms with Crippen LogP contribution >= 0.6 is 8.15 Å². The summed E-state index contributed by atoms with van der Waals surface area (Å²) in [4.78, 5) is 0. The molecular formula is C13H21O2P. The molecule has 0 aliphatic rings. The fourth-order valence-corrected chi connectivity index (χ4v) is 2.96. The maximum absolute atomic E-state index is 5.72. The molecule has 90 valence electrons. The second-order valence-electron chi connectivity index (χ2n) is 3.77. The lowest BCUT2D eigenvalue weighted by atomic mass is 10.3. The van der Waals surface area contributed by atoms with Crippen molar-refractivity contribution in [1.29, 1.82) is 0 Å². The summed E-state index contributed by atoms with van der Waals surface area (Å²) in [6, 6.07) is 8.28. The molecule has 0 N–H and O–H groups in total. The maximum Gasteiger partial charge on any atom is 0.119 e. The van der Waals surface area contributed by atoms with E-state index in [1.54, 1.807) is 0 Å². The van der Waals surface area contributed by atoms with Gasteiger partial charge >= 0.3 is 0 Å². The van der Waals surface area contributed by atoms with Gasteiger partial charge in [0, 0.05) is 11.9 Å². The van der Waals surface area contributed by atoms with E-state index in [1.165, 1.54) is 5.30 Å². The number of rotatable bonds is 6. The van der Waals surface area contributed by atoms with Crippen molar-refractivity contribution < 1.29 is 9.26 Å². The standard InChI is InChI=1S/C13H21O2P/c1-5-14-16(6-2)13-9-7-12(8-10-13)15-11(3)4/h7-11H,5-6H2,1-4H3. The zero-order valence-electron chi connectivity index (χ0n) is 10.6. The fraction of sp³-hybridized carbons (Fsp3) is 0.538. The van der Waals surface area contributed by atoms with Gasteiger partial charge in [-0.25, -0.2) is 0 Å². The van der Waals surface area contributed by atoms with Crippen LogP contribution in [0.4, 0.5) is 0 Å². The van der Waals surface area contributed by atoms with Gasteiger partial charge in [-0.05, 0) is 51.2 Å². The minimum Gasteiger partial charge on any atom is -0.491 e. The van der Waals surface area contributed by atoms with Crippen molar-refractivity contribution in [2.24, 2.45) is 0 Å². The Morgan fingerprint density at radius 3 is 2.19 bits per heavy atom. The Kier molecular flexibility index (Phi) is 5.79. The van der Waals surface area contributed by atoms with Gasteiger partial charge in [0.15, 0.2) is 0 Å². The first-order valence-electron chi connectivity index (χ1n) is 5.84. The van der Waals surface area contributed by atoms with Crippen LogP contribution in [0.1, 0.15) is 27.7 Å². The predicted molar refractivity (Wildman–Crippen MR) is 70.9 cm³/mol. The third kappa shape index (κ3) is 4.11. The SMILES string of the molecule is CCOP(CC)c1ccc(OC(C)C)cc1. The molecule has 1 unspecified atom stereocenters. The first-order valence-corrected chi connectivity index (χ1v) is 7.29. The first-order chi connectivity index (χ1) is 7.67. The zero-order chi connectivity index (χ0) is 12.0. The Bertz CT molecular complexity index is 295. The van der Waals surface area contributed by atoms with E-state index in [4.69, 9.17) is 9.26 Å². The van der Waals surface area contributed by atoms with Gasteiger partial charge in [0.1, 0.15) is 5.75 Å². The number of ether oxygens (including phenoxy) is 1. The van der Waals surface area contributed by atoms with Gasteiger partial charge in [0.05, 0.1) is 14.3 Å². The van der Waals surface area contributed by atoms with Crippen LogP contribution in [0, 0.1) is 0 Å². The van der Waals surface area contributed by atoms with Crippen molar-refractivity contribution in [3.8, 4) is 5.75 Å². The molecule has 0 fully saturated rings. The molecular weight excluding hydrogens is 219 g/mol. The minimum absolute atomic E-state index is 0.227. The lowest BCUT2D eigenvalue weighted by molar-refractivity contribution is 0.242. The molecule has 1 rings (SSSR count). The van der Waals surface area contributed by atoms with Gasteiger partial charge in [-0.3, -0.25) is 0 Å². The van der Waals surface area contributed by atoms with E-state index >= 15 is 0 Å². The van der Waals surface area contributed by atoms with Crippen LogP contribution < -0.4 is 10.0 Å². The lowest BCUT2D eigenvalue weighted by Crippen LogP contribution is -2.08. The molecule has 0 saturated heterocycles. The van der Waals surface area contributed by atoms with Crippen molar-refractivity contribution in [1.82, 2.24) is 0 Å². The number of benzene rings is 1. The van der Waals surface area contributed by atoms with Gasteiger partial charge in [-0.1, -0.05) is 6.92 Å². The van der Waals surface area contributed by atoms with E-state index in [9.17, 15) is 0 Å². The van der Waals surface area contributed by atoms with Crippen LogP contribution in [0.2, 0.25) is 0 Å². The summed E-state index contributed by atoms with van der Waals surface area (Å²) in [5.74, 6) is 0.932. The van der Waals surface area contributed by atoms with E-state index < -0.39 is 8.15 Å². The maximum atomic E-state index is 5.72. The van der Waals surface area contributed by atoms with Crippen molar-refractivity contribution >= 4 is 13.5 Å². The normalized spacial score (nSPS) is 12.8. The largest absolute Gasteiger partial charge is 0.491 e. The van der Waals surface area contributed by atoms with Gasteiger partial charge < -0.3 is 9.26 Å². The second-order valence-corrected chi connectivity index (χ2v) is 5.94. The molecule has 0 radical (unpaired) electrons. The fourth-order valence-electron chi connectivity index (χ4n) is 1.47. The lowest BCUT2D eigenvalue weighted by Gasteiger charge is -2.16. The monoisotopic (exact) mass is 240 g/mol. The average Bonchev–Trinajstić information content (AvgIpc) is 2.26. The molecule has 1 aromatic rings. The number of hydrogen-bond acceptors (Lipinski definition) is 2. The quantitative estimate of drug-likeness (QED) is 0.708. The van der Waals surface area contributed by atoms with Crippen molar-refractivity contribution in [2.45, 2.75) is 33.8 Å². The molecule has 0 aliphatic carbocycles. The average molecular weight is 240 g/mol. The zero-order valence-corrected chi connectivity index (χ0v) is 11.5. The molecule has 0 aliphatic heterocycles. The van der Waals surface area contributed by atoms with E-state index in [2.05, 4.69) is 19.1 Å². The molecule has 2 nitrogen and oxygen atoms in total. The Morgan fingerprint density at radius 2 is 1.75 bits per heavy atom. The third-order valence-corrected chi connectivity index (χ3v) is 4.09. The van der Waals surface area contributed by atoms with Crippen LogP contribution in [-0.2, 0) is 4.52 Å². The molecule has 0 aromatic heterocycles. The molecule has 0 bridgehead atoms. The minimum atomic E-state index is -0.442. The highest BCUT2D eigenvalue weighted by atomic mass is 31.1. The van der Waals surface area contributed by atoms with Crippen LogP contribution in [0.25, 0.3) is 0 Å². The number of hydrogen-bond donors (Lipinski definition) is 0. The van der Waals surface area contributed by atoms with Gasteiger partial charge in [-0.15, -0.1) is 0 Å². The van der Waals surface area contributed by atoms with Crippen LogP contribution in [0.3, 0.4) is 0 Å². The topological polar surface area (TPSA) is 18.5 Å². The first kappa shape index (κ1) is 13.5. The van der Waals surface area contributed by atoms with Gasteiger partial charge in [0.25, 0.3) is 0 Å². The molecule has 3 heteroatoms. The van der Waals surface area contributed by atoms with Crippen molar-refractivity contribution in [2.75, 3.05) is 12.8 Å². The van der Waals surface area contributed by atoms with E-state index in [-0.39, 0.29) is 6.10 Å². The summed E-state index contributed by atoms with van der Waals surface area (Å²) in [6.07, 6.45) is 1.29. The van der Waals surface area contributed by atoms with Gasteiger partial charge in [0.2, 0.25) is 0 Å². The van der Waals surface area contributed by atoms with E-state index in [0.29, 0.717) is 0 Å². The highest BCUT2D eigenvalue weighted by Crippen LogP contribution is 2.35. The summed E-state index contributed by atoms with van der Waals surface area (Å²) in [7, 11) is -0.442. The summed E-state index contributed by atoms with van der Waals surface area (Å²) in [5.41, 5.74) is 0. The summed E-state index contributed by atoms with van der Waals surface area (Å²) >= 11 is 0. The summed E-state index contributed by atoms with van der Waals surface area (Å²) in [5, 5.41) is 1.29. The molecule has 1 atom stereocenters. The molecule has 0 heterocycles. The van der Waals surface area contributed by atoms with Gasteiger partial charge in [-0.2, -0.15) is 0 Å². The Morgan fingerprint density at radius 1 is 1.12 bits per heavy atom. The summed E-state index contributed by atoms with van der Waals surface area (Å²) in [6.45, 7) is 9.06. The Balaban J connectivity index is 2.69.